The van der Waals surface area contributed by atoms with E-state index in [9.17, 15) is 8.42 Å². The van der Waals surface area contributed by atoms with E-state index in [2.05, 4.69) is 36.0 Å². The zero-order chi connectivity index (χ0) is 14.8. The van der Waals surface area contributed by atoms with Gasteiger partial charge in [-0.2, -0.15) is 0 Å². The van der Waals surface area contributed by atoms with Crippen molar-refractivity contribution in [2.75, 3.05) is 10.1 Å². The number of hydrazine groups is 1. The molecule has 0 atom stereocenters. The van der Waals surface area contributed by atoms with Crippen LogP contribution in [-0.4, -0.2) is 18.4 Å². The average Bonchev–Trinajstić information content (AvgIpc) is 2.42. The van der Waals surface area contributed by atoms with Gasteiger partial charge in [-0.1, -0.05) is 27.5 Å². The van der Waals surface area contributed by atoms with Gasteiger partial charge >= 0.3 is 0 Å². The van der Waals surface area contributed by atoms with Gasteiger partial charge in [-0.15, -0.1) is 0 Å². The van der Waals surface area contributed by atoms with Crippen LogP contribution in [0.25, 0.3) is 0 Å². The van der Waals surface area contributed by atoms with Crippen molar-refractivity contribution in [2.24, 2.45) is 5.84 Å². The Kier molecular flexibility index (Phi) is 4.43. The summed E-state index contributed by atoms with van der Waals surface area (Å²) in [5.74, 6) is 5.22. The lowest BCUT2D eigenvalue weighted by atomic mass is 10.3. The average molecular weight is 379 g/mol. The highest BCUT2D eigenvalue weighted by Crippen LogP contribution is 2.27. The number of halogens is 2. The summed E-state index contributed by atoms with van der Waals surface area (Å²) in [5.41, 5.74) is 2.47. The van der Waals surface area contributed by atoms with Gasteiger partial charge in [0.15, 0.2) is 0 Å². The maximum Gasteiger partial charge on any atom is 0.265 e. The summed E-state index contributed by atoms with van der Waals surface area (Å²) in [6.07, 6.45) is 2.27. The molecular weight excluding hydrogens is 370 g/mol. The van der Waals surface area contributed by atoms with Gasteiger partial charge < -0.3 is 0 Å². The van der Waals surface area contributed by atoms with Gasteiger partial charge in [-0.3, -0.25) is 10.1 Å². The van der Waals surface area contributed by atoms with E-state index < -0.39 is 10.0 Å². The van der Waals surface area contributed by atoms with Crippen molar-refractivity contribution in [2.45, 2.75) is 4.90 Å². The highest BCUT2D eigenvalue weighted by Gasteiger charge is 2.17. The molecule has 1 heterocycles. The molecule has 4 N–H and O–H groups in total. The minimum Gasteiger partial charge on any atom is -0.292 e. The molecule has 0 fully saturated rings. The molecule has 0 bridgehead atoms. The summed E-state index contributed by atoms with van der Waals surface area (Å²) >= 11 is 9.19. The van der Waals surface area contributed by atoms with Gasteiger partial charge in [-0.25, -0.2) is 24.2 Å². The standard InChI is InChI=1S/C10H9BrClN5O2S/c11-6-1-2-9(8(12)3-6)17-20(18,19)7-4-14-10(16-13)15-5-7/h1-5,17H,13H2,(H,14,15,16). The fourth-order valence-electron chi connectivity index (χ4n) is 1.31. The number of rotatable bonds is 4. The lowest BCUT2D eigenvalue weighted by Gasteiger charge is -2.09. The highest BCUT2D eigenvalue weighted by atomic mass is 79.9. The first-order valence-corrected chi connectivity index (χ1v) is 7.84. The monoisotopic (exact) mass is 377 g/mol. The molecular formula is C10H9BrClN5O2S. The number of anilines is 2. The molecule has 0 amide bonds. The molecule has 20 heavy (non-hydrogen) atoms. The van der Waals surface area contributed by atoms with Crippen molar-refractivity contribution in [3.05, 3.63) is 40.1 Å². The van der Waals surface area contributed by atoms with Crippen LogP contribution >= 0.6 is 27.5 Å². The number of hydrogen-bond acceptors (Lipinski definition) is 6. The first-order chi connectivity index (χ1) is 9.42. The van der Waals surface area contributed by atoms with Crippen molar-refractivity contribution >= 4 is 49.2 Å². The van der Waals surface area contributed by atoms with Gasteiger partial charge in [-0.05, 0) is 18.2 Å². The summed E-state index contributed by atoms with van der Waals surface area (Å²) in [7, 11) is -3.82. The summed E-state index contributed by atoms with van der Waals surface area (Å²) in [4.78, 5) is 7.37. The quantitative estimate of drug-likeness (QED) is 0.554. The maximum atomic E-state index is 12.1. The van der Waals surface area contributed by atoms with E-state index in [0.29, 0.717) is 0 Å². The van der Waals surface area contributed by atoms with Gasteiger partial charge in [0.25, 0.3) is 10.0 Å². The smallest absolute Gasteiger partial charge is 0.265 e. The SMILES string of the molecule is NNc1ncc(S(=O)(=O)Nc2ccc(Br)cc2Cl)cn1. The second kappa shape index (κ2) is 5.92. The Bertz CT molecular complexity index is 723. The zero-order valence-corrected chi connectivity index (χ0v) is 13.0. The van der Waals surface area contributed by atoms with Crippen LogP contribution in [0.3, 0.4) is 0 Å². The Hall–Kier alpha value is -1.42. The van der Waals surface area contributed by atoms with Crippen LogP contribution in [0.2, 0.25) is 5.02 Å². The van der Waals surface area contributed by atoms with E-state index >= 15 is 0 Å². The molecule has 2 rings (SSSR count). The highest BCUT2D eigenvalue weighted by molar-refractivity contribution is 9.10. The van der Waals surface area contributed by atoms with Crippen LogP contribution in [0.1, 0.15) is 0 Å². The van der Waals surface area contributed by atoms with Gasteiger partial charge in [0.2, 0.25) is 5.95 Å². The van der Waals surface area contributed by atoms with Crippen LogP contribution in [-0.2, 0) is 10.0 Å². The van der Waals surface area contributed by atoms with Crippen LogP contribution < -0.4 is 16.0 Å². The largest absolute Gasteiger partial charge is 0.292 e. The van der Waals surface area contributed by atoms with E-state index in [0.717, 1.165) is 16.9 Å². The van der Waals surface area contributed by atoms with E-state index in [4.69, 9.17) is 17.4 Å². The zero-order valence-electron chi connectivity index (χ0n) is 9.84. The Morgan fingerprint density at radius 1 is 1.25 bits per heavy atom. The molecule has 1 aromatic carbocycles. The van der Waals surface area contributed by atoms with E-state index in [1.807, 2.05) is 0 Å². The minimum atomic E-state index is -3.82. The third kappa shape index (κ3) is 3.37. The first-order valence-electron chi connectivity index (χ1n) is 5.19. The third-order valence-electron chi connectivity index (χ3n) is 2.24. The molecule has 10 heteroatoms. The van der Waals surface area contributed by atoms with E-state index in [1.54, 1.807) is 18.2 Å². The number of nitrogens with two attached hydrogens (primary N) is 1. The van der Waals surface area contributed by atoms with Crippen LogP contribution in [0, 0.1) is 0 Å². The van der Waals surface area contributed by atoms with Crippen molar-refractivity contribution < 1.29 is 8.42 Å². The molecule has 0 aliphatic rings. The number of nitrogen functional groups attached to an aromatic ring is 1. The van der Waals surface area contributed by atoms with Crippen LogP contribution in [0.4, 0.5) is 11.6 Å². The Morgan fingerprint density at radius 2 is 1.90 bits per heavy atom. The Labute approximate surface area is 128 Å². The van der Waals surface area contributed by atoms with Crippen molar-refractivity contribution in [1.29, 1.82) is 0 Å². The Morgan fingerprint density at radius 3 is 2.45 bits per heavy atom. The summed E-state index contributed by atoms with van der Waals surface area (Å²) in [5, 5.41) is 0.268. The molecule has 0 saturated heterocycles. The molecule has 1 aromatic heterocycles. The predicted octanol–water partition coefficient (Wildman–Crippen LogP) is 1.98. The summed E-state index contributed by atoms with van der Waals surface area (Å²) in [6, 6.07) is 4.79. The normalized spacial score (nSPS) is 11.2. The van der Waals surface area contributed by atoms with Crippen LogP contribution in [0.15, 0.2) is 40.0 Å². The number of nitrogens with zero attached hydrogens (tertiary/aromatic N) is 2. The lowest BCUT2D eigenvalue weighted by Crippen LogP contribution is -2.15. The number of benzene rings is 1. The fraction of sp³-hybridized carbons (Fsp3) is 0. The first kappa shape index (κ1) is 15.0. The van der Waals surface area contributed by atoms with Gasteiger partial charge in [0.05, 0.1) is 23.1 Å². The van der Waals surface area contributed by atoms with Crippen LogP contribution in [0.5, 0.6) is 0 Å². The van der Waals surface area contributed by atoms with Gasteiger partial charge in [0.1, 0.15) is 4.90 Å². The number of hydrogen-bond donors (Lipinski definition) is 3. The van der Waals surface area contributed by atoms with Crippen molar-refractivity contribution in [3.63, 3.8) is 0 Å². The summed E-state index contributed by atoms with van der Waals surface area (Å²) in [6.45, 7) is 0. The predicted molar refractivity (Wildman–Crippen MR) is 79.8 cm³/mol. The Balaban J connectivity index is 2.30. The van der Waals surface area contributed by atoms with E-state index in [1.165, 1.54) is 0 Å². The molecule has 7 nitrogen and oxygen atoms in total. The molecule has 0 saturated carbocycles. The maximum absolute atomic E-state index is 12.1. The molecule has 0 spiro atoms. The fourth-order valence-corrected chi connectivity index (χ4v) is 3.05. The van der Waals surface area contributed by atoms with Crippen molar-refractivity contribution in [3.8, 4) is 0 Å². The second-order valence-electron chi connectivity index (χ2n) is 3.62. The van der Waals surface area contributed by atoms with E-state index in [-0.39, 0.29) is 21.6 Å². The molecule has 106 valence electrons. The summed E-state index contributed by atoms with van der Waals surface area (Å²) < 4.78 is 27.3. The number of nitrogens with one attached hydrogen (secondary N) is 2. The number of sulfonamides is 1. The third-order valence-corrected chi connectivity index (χ3v) is 4.37. The minimum absolute atomic E-state index is 0.101. The molecule has 0 aliphatic heterocycles. The lowest BCUT2D eigenvalue weighted by molar-refractivity contribution is 0.600. The topological polar surface area (TPSA) is 110 Å². The van der Waals surface area contributed by atoms with Gasteiger partial charge in [0, 0.05) is 4.47 Å². The molecule has 2 aromatic rings. The molecule has 0 unspecified atom stereocenters. The van der Waals surface area contributed by atoms with Crippen molar-refractivity contribution in [1.82, 2.24) is 9.97 Å². The number of aromatic nitrogens is 2. The molecule has 0 radical (unpaired) electrons. The molecule has 0 aliphatic carbocycles. The second-order valence-corrected chi connectivity index (χ2v) is 6.62.